The largest absolute Gasteiger partial charge is 0.335 e. The number of rotatable bonds is 3. The van der Waals surface area contributed by atoms with Crippen LogP contribution in [0.5, 0.6) is 0 Å². The van der Waals surface area contributed by atoms with Crippen LogP contribution < -0.4 is 10.2 Å². The van der Waals surface area contributed by atoms with Crippen molar-refractivity contribution in [2.75, 3.05) is 4.90 Å². The van der Waals surface area contributed by atoms with Gasteiger partial charge in [-0.15, -0.1) is 0 Å². The van der Waals surface area contributed by atoms with Crippen LogP contribution in [-0.4, -0.2) is 22.4 Å². The fraction of sp³-hybridized carbons (Fsp3) is 0.125. The van der Waals surface area contributed by atoms with Crippen LogP contribution in [0.1, 0.15) is 22.5 Å². The molecule has 3 aromatic rings. The van der Waals surface area contributed by atoms with Crippen LogP contribution in [0.15, 0.2) is 60.2 Å². The van der Waals surface area contributed by atoms with E-state index in [1.165, 1.54) is 12.1 Å². The van der Waals surface area contributed by atoms with E-state index in [1.54, 1.807) is 18.2 Å². The molecule has 1 saturated heterocycles. The van der Waals surface area contributed by atoms with E-state index in [0.717, 1.165) is 33.1 Å². The maximum Gasteiger partial charge on any atom is 0.335 e. The molecule has 1 aliphatic rings. The summed E-state index contributed by atoms with van der Waals surface area (Å²) in [6.45, 7) is 5.90. The Balaban J connectivity index is 1.76. The Labute approximate surface area is 184 Å². The second-order valence-corrected chi connectivity index (χ2v) is 7.87. The van der Waals surface area contributed by atoms with Gasteiger partial charge in [-0.3, -0.25) is 14.9 Å². The van der Waals surface area contributed by atoms with Gasteiger partial charge in [0.25, 0.3) is 11.8 Å². The average Bonchev–Trinajstić information content (AvgIpc) is 2.99. The van der Waals surface area contributed by atoms with Crippen LogP contribution in [0.2, 0.25) is 5.02 Å². The summed E-state index contributed by atoms with van der Waals surface area (Å²) in [7, 11) is 0. The summed E-state index contributed by atoms with van der Waals surface area (Å²) < 4.78 is 2.05. The first kappa shape index (κ1) is 20.6. The van der Waals surface area contributed by atoms with E-state index in [1.807, 2.05) is 51.1 Å². The zero-order valence-corrected chi connectivity index (χ0v) is 18.0. The van der Waals surface area contributed by atoms with Crippen LogP contribution >= 0.6 is 11.6 Å². The summed E-state index contributed by atoms with van der Waals surface area (Å²) in [6, 6.07) is 15.5. The smallest absolute Gasteiger partial charge is 0.318 e. The number of aromatic nitrogens is 1. The van der Waals surface area contributed by atoms with Gasteiger partial charge in [0, 0.05) is 22.1 Å². The number of barbiturate groups is 1. The number of hydrogen-bond donors (Lipinski definition) is 1. The molecule has 0 aliphatic carbocycles. The van der Waals surface area contributed by atoms with Crippen molar-refractivity contribution in [1.82, 2.24) is 9.88 Å². The number of hydrogen-bond acceptors (Lipinski definition) is 3. The molecule has 0 spiro atoms. The van der Waals surface area contributed by atoms with Gasteiger partial charge in [-0.05, 0) is 68.8 Å². The number of urea groups is 1. The Morgan fingerprint density at radius 2 is 1.61 bits per heavy atom. The third kappa shape index (κ3) is 3.78. The monoisotopic (exact) mass is 433 g/mol. The van der Waals surface area contributed by atoms with E-state index in [-0.39, 0.29) is 5.57 Å². The van der Waals surface area contributed by atoms with Crippen molar-refractivity contribution >= 4 is 41.2 Å². The summed E-state index contributed by atoms with van der Waals surface area (Å²) in [5, 5.41) is 2.61. The normalized spacial score (nSPS) is 15.5. The van der Waals surface area contributed by atoms with E-state index >= 15 is 0 Å². The molecule has 0 bridgehead atoms. The number of aryl methyl sites for hydroxylation is 2. The minimum atomic E-state index is -0.806. The topological polar surface area (TPSA) is 71.4 Å². The zero-order chi connectivity index (χ0) is 22.3. The molecule has 1 aromatic heterocycles. The van der Waals surface area contributed by atoms with Crippen molar-refractivity contribution in [3.63, 3.8) is 0 Å². The van der Waals surface area contributed by atoms with Crippen molar-refractivity contribution in [2.24, 2.45) is 0 Å². The summed E-state index contributed by atoms with van der Waals surface area (Å²) >= 11 is 6.01. The Bertz CT molecular complexity index is 1260. The lowest BCUT2D eigenvalue weighted by atomic mass is 10.1. The number of amides is 4. The third-order valence-electron chi connectivity index (χ3n) is 5.23. The molecule has 0 unspecified atom stereocenters. The van der Waals surface area contributed by atoms with Gasteiger partial charge in [0.1, 0.15) is 5.57 Å². The van der Waals surface area contributed by atoms with Gasteiger partial charge in [0.15, 0.2) is 0 Å². The van der Waals surface area contributed by atoms with Crippen LogP contribution in [-0.2, 0) is 9.59 Å². The minimum Gasteiger partial charge on any atom is -0.318 e. The number of anilines is 1. The molecular formula is C24H20ClN3O3. The lowest BCUT2D eigenvalue weighted by molar-refractivity contribution is -0.122. The molecular weight excluding hydrogens is 414 g/mol. The van der Waals surface area contributed by atoms with Crippen LogP contribution in [0.25, 0.3) is 11.8 Å². The Kier molecular flexibility index (Phi) is 5.25. The Morgan fingerprint density at radius 3 is 2.29 bits per heavy atom. The second kappa shape index (κ2) is 7.89. The standard InChI is InChI=1S/C24H20ClN3O3/c1-14-7-9-19(10-8-14)27-15(2)11-17(16(27)3)12-21-22(29)26-24(31)28(23(21)30)20-6-4-5-18(25)13-20/h4-13H,1-3H3,(H,26,29,31)/b21-12-. The van der Waals surface area contributed by atoms with Crippen LogP contribution in [0.3, 0.4) is 0 Å². The van der Waals surface area contributed by atoms with Crippen molar-refractivity contribution in [3.8, 4) is 5.69 Å². The van der Waals surface area contributed by atoms with Gasteiger partial charge in [-0.1, -0.05) is 35.4 Å². The van der Waals surface area contributed by atoms with E-state index < -0.39 is 17.8 Å². The van der Waals surface area contributed by atoms with E-state index in [0.29, 0.717) is 10.7 Å². The lowest BCUT2D eigenvalue weighted by Crippen LogP contribution is -2.54. The minimum absolute atomic E-state index is 0.122. The molecule has 2 aromatic carbocycles. The number of nitrogens with zero attached hydrogens (tertiary/aromatic N) is 2. The number of halogens is 1. The van der Waals surface area contributed by atoms with Crippen LogP contribution in [0, 0.1) is 20.8 Å². The van der Waals surface area contributed by atoms with Gasteiger partial charge in [0.2, 0.25) is 0 Å². The highest BCUT2D eigenvalue weighted by atomic mass is 35.5. The molecule has 0 saturated carbocycles. The number of nitrogens with one attached hydrogen (secondary N) is 1. The highest BCUT2D eigenvalue weighted by Crippen LogP contribution is 2.27. The maximum absolute atomic E-state index is 13.1. The van der Waals surface area contributed by atoms with Crippen molar-refractivity contribution in [2.45, 2.75) is 20.8 Å². The molecule has 0 radical (unpaired) electrons. The fourth-order valence-electron chi connectivity index (χ4n) is 3.69. The molecule has 6 nitrogen and oxygen atoms in total. The molecule has 7 heteroatoms. The van der Waals surface area contributed by atoms with E-state index in [9.17, 15) is 14.4 Å². The van der Waals surface area contributed by atoms with Crippen molar-refractivity contribution in [3.05, 3.63) is 87.7 Å². The van der Waals surface area contributed by atoms with E-state index in [2.05, 4.69) is 9.88 Å². The number of carbonyl (C=O) groups excluding carboxylic acids is 3. The summed E-state index contributed by atoms with van der Waals surface area (Å²) in [5.41, 5.74) is 4.86. The van der Waals surface area contributed by atoms with Crippen LogP contribution in [0.4, 0.5) is 10.5 Å². The molecule has 156 valence electrons. The van der Waals surface area contributed by atoms with Gasteiger partial charge >= 0.3 is 6.03 Å². The van der Waals surface area contributed by atoms with Crippen molar-refractivity contribution < 1.29 is 14.4 Å². The molecule has 4 amide bonds. The predicted molar refractivity (Wildman–Crippen MR) is 120 cm³/mol. The zero-order valence-electron chi connectivity index (χ0n) is 17.3. The SMILES string of the molecule is Cc1ccc(-n2c(C)cc(/C=C3/C(=O)NC(=O)N(c4cccc(Cl)c4)C3=O)c2C)cc1. The highest BCUT2D eigenvalue weighted by Gasteiger charge is 2.37. The lowest BCUT2D eigenvalue weighted by Gasteiger charge is -2.26. The number of carbonyl (C=O) groups is 3. The second-order valence-electron chi connectivity index (χ2n) is 7.44. The maximum atomic E-state index is 13.1. The third-order valence-corrected chi connectivity index (χ3v) is 5.47. The van der Waals surface area contributed by atoms with Crippen molar-refractivity contribution in [1.29, 1.82) is 0 Å². The number of benzene rings is 2. The van der Waals surface area contributed by atoms with Gasteiger partial charge in [0.05, 0.1) is 5.69 Å². The average molecular weight is 434 g/mol. The predicted octanol–water partition coefficient (Wildman–Crippen LogP) is 4.72. The van der Waals surface area contributed by atoms with Gasteiger partial charge in [-0.2, -0.15) is 0 Å². The van der Waals surface area contributed by atoms with E-state index in [4.69, 9.17) is 11.6 Å². The first-order valence-corrected chi connectivity index (χ1v) is 10.1. The molecule has 1 aliphatic heterocycles. The van der Waals surface area contributed by atoms with Gasteiger partial charge < -0.3 is 4.57 Å². The molecule has 4 rings (SSSR count). The first-order chi connectivity index (χ1) is 14.8. The summed E-state index contributed by atoms with van der Waals surface area (Å²) in [4.78, 5) is 38.9. The Morgan fingerprint density at radius 1 is 0.903 bits per heavy atom. The molecule has 0 atom stereocenters. The first-order valence-electron chi connectivity index (χ1n) is 9.69. The quantitative estimate of drug-likeness (QED) is 0.479. The fourth-order valence-corrected chi connectivity index (χ4v) is 3.87. The molecule has 31 heavy (non-hydrogen) atoms. The molecule has 1 fully saturated rings. The summed E-state index contributed by atoms with van der Waals surface area (Å²) in [5.74, 6) is -1.43. The number of imide groups is 2. The summed E-state index contributed by atoms with van der Waals surface area (Å²) in [6.07, 6.45) is 1.52. The Hall–Kier alpha value is -3.64. The highest BCUT2D eigenvalue weighted by molar-refractivity contribution is 6.39. The molecule has 1 N–H and O–H groups in total. The molecule has 2 heterocycles. The van der Waals surface area contributed by atoms with Gasteiger partial charge in [-0.25, -0.2) is 9.69 Å².